The molecule has 8 heteroatoms. The Hall–Kier alpha value is -2.64. The van der Waals surface area contributed by atoms with Crippen LogP contribution < -0.4 is 10.6 Å². The van der Waals surface area contributed by atoms with Crippen molar-refractivity contribution < 1.29 is 4.79 Å². The number of nitrogen functional groups attached to an aromatic ring is 1. The summed E-state index contributed by atoms with van der Waals surface area (Å²) in [6, 6.07) is 1.79. The summed E-state index contributed by atoms with van der Waals surface area (Å²) in [5, 5.41) is 4.01. The van der Waals surface area contributed by atoms with Gasteiger partial charge in [-0.05, 0) is 6.07 Å². The molecule has 1 fully saturated rings. The van der Waals surface area contributed by atoms with Gasteiger partial charge in [0.15, 0.2) is 0 Å². The molecule has 0 atom stereocenters. The standard InChI is InChI=1S/C13H17N7O/c1-18-11(10(14)9-17-18)12(21)19-5-7-20(8-6-19)13-15-3-2-4-16-13/h2-4,9H,5-8,14H2,1H3. The first kappa shape index (κ1) is 13.3. The van der Waals surface area contributed by atoms with Crippen molar-refractivity contribution in [3.63, 3.8) is 0 Å². The van der Waals surface area contributed by atoms with Gasteiger partial charge in [-0.1, -0.05) is 0 Å². The predicted molar refractivity (Wildman–Crippen MR) is 77.8 cm³/mol. The first-order valence-electron chi connectivity index (χ1n) is 6.75. The summed E-state index contributed by atoms with van der Waals surface area (Å²) >= 11 is 0. The van der Waals surface area contributed by atoms with Crippen LogP contribution >= 0.6 is 0 Å². The molecule has 3 rings (SSSR count). The van der Waals surface area contributed by atoms with E-state index in [4.69, 9.17) is 5.73 Å². The van der Waals surface area contributed by atoms with Crippen LogP contribution in [0.1, 0.15) is 10.5 Å². The van der Waals surface area contributed by atoms with Gasteiger partial charge in [-0.15, -0.1) is 0 Å². The monoisotopic (exact) mass is 287 g/mol. The van der Waals surface area contributed by atoms with Crippen LogP contribution in [0, 0.1) is 0 Å². The lowest BCUT2D eigenvalue weighted by atomic mass is 10.2. The second kappa shape index (κ2) is 5.39. The van der Waals surface area contributed by atoms with Crippen LogP contribution in [0.2, 0.25) is 0 Å². The molecule has 2 aromatic rings. The zero-order valence-corrected chi connectivity index (χ0v) is 11.8. The maximum atomic E-state index is 12.5. The predicted octanol–water partition coefficient (Wildman–Crippen LogP) is -0.245. The van der Waals surface area contributed by atoms with Crippen LogP contribution in [0.15, 0.2) is 24.7 Å². The third-order valence-corrected chi connectivity index (χ3v) is 3.57. The van der Waals surface area contributed by atoms with E-state index in [-0.39, 0.29) is 5.91 Å². The minimum atomic E-state index is -0.0823. The van der Waals surface area contributed by atoms with E-state index in [9.17, 15) is 4.79 Å². The average Bonchev–Trinajstić information content (AvgIpc) is 2.87. The van der Waals surface area contributed by atoms with E-state index < -0.39 is 0 Å². The minimum absolute atomic E-state index is 0.0823. The molecular weight excluding hydrogens is 270 g/mol. The fraction of sp³-hybridized carbons (Fsp3) is 0.385. The minimum Gasteiger partial charge on any atom is -0.396 e. The summed E-state index contributed by atoms with van der Waals surface area (Å²) in [6.07, 6.45) is 4.94. The lowest BCUT2D eigenvalue weighted by Crippen LogP contribution is -2.49. The molecule has 3 heterocycles. The zero-order valence-electron chi connectivity index (χ0n) is 11.8. The van der Waals surface area contributed by atoms with Crippen molar-refractivity contribution in [3.05, 3.63) is 30.4 Å². The summed E-state index contributed by atoms with van der Waals surface area (Å²) in [5.74, 6) is 0.616. The largest absolute Gasteiger partial charge is 0.396 e. The Bertz CT molecular complexity index is 612. The van der Waals surface area contributed by atoms with Gasteiger partial charge in [0.1, 0.15) is 5.69 Å². The molecule has 2 aromatic heterocycles. The number of hydrogen-bond acceptors (Lipinski definition) is 6. The van der Waals surface area contributed by atoms with Gasteiger partial charge in [0.25, 0.3) is 5.91 Å². The summed E-state index contributed by atoms with van der Waals surface area (Å²) in [4.78, 5) is 24.8. The third kappa shape index (κ3) is 2.51. The first-order chi connectivity index (χ1) is 10.2. The molecule has 0 unspecified atom stereocenters. The fourth-order valence-corrected chi connectivity index (χ4v) is 2.43. The Kier molecular flexibility index (Phi) is 3.43. The number of anilines is 2. The molecule has 1 aliphatic heterocycles. The summed E-state index contributed by atoms with van der Waals surface area (Å²) < 4.78 is 1.52. The van der Waals surface area contributed by atoms with Crippen molar-refractivity contribution in [2.75, 3.05) is 36.8 Å². The molecule has 0 bridgehead atoms. The van der Waals surface area contributed by atoms with Gasteiger partial charge in [0, 0.05) is 45.6 Å². The highest BCUT2D eigenvalue weighted by Gasteiger charge is 2.26. The van der Waals surface area contributed by atoms with E-state index in [1.807, 2.05) is 0 Å². The summed E-state index contributed by atoms with van der Waals surface area (Å²) in [6.45, 7) is 2.63. The van der Waals surface area contributed by atoms with Crippen molar-refractivity contribution in [3.8, 4) is 0 Å². The number of aryl methyl sites for hydroxylation is 1. The Morgan fingerprint density at radius 1 is 1.19 bits per heavy atom. The molecule has 0 aromatic carbocycles. The van der Waals surface area contributed by atoms with E-state index in [0.717, 1.165) is 0 Å². The van der Waals surface area contributed by atoms with Gasteiger partial charge in [0.2, 0.25) is 5.95 Å². The Morgan fingerprint density at radius 3 is 2.43 bits per heavy atom. The number of carbonyl (C=O) groups is 1. The van der Waals surface area contributed by atoms with Gasteiger partial charge in [-0.2, -0.15) is 5.10 Å². The van der Waals surface area contributed by atoms with Crippen LogP contribution in [0.5, 0.6) is 0 Å². The molecule has 2 N–H and O–H groups in total. The number of piperazine rings is 1. The summed E-state index contributed by atoms with van der Waals surface area (Å²) in [7, 11) is 1.72. The van der Waals surface area contributed by atoms with Gasteiger partial charge >= 0.3 is 0 Å². The molecule has 21 heavy (non-hydrogen) atoms. The van der Waals surface area contributed by atoms with Gasteiger partial charge in [-0.25, -0.2) is 9.97 Å². The van der Waals surface area contributed by atoms with E-state index >= 15 is 0 Å². The Morgan fingerprint density at radius 2 is 1.86 bits per heavy atom. The highest BCUT2D eigenvalue weighted by molar-refractivity contribution is 5.97. The lowest BCUT2D eigenvalue weighted by molar-refractivity contribution is 0.0736. The van der Waals surface area contributed by atoms with Gasteiger partial charge in [0.05, 0.1) is 11.9 Å². The SMILES string of the molecule is Cn1ncc(N)c1C(=O)N1CCN(c2ncccn2)CC1. The number of nitrogens with zero attached hydrogens (tertiary/aromatic N) is 6. The maximum Gasteiger partial charge on any atom is 0.274 e. The lowest BCUT2D eigenvalue weighted by Gasteiger charge is -2.34. The Labute approximate surface area is 122 Å². The molecule has 8 nitrogen and oxygen atoms in total. The number of rotatable bonds is 2. The van der Waals surface area contributed by atoms with Crippen molar-refractivity contribution in [2.45, 2.75) is 0 Å². The van der Waals surface area contributed by atoms with Gasteiger partial charge in [-0.3, -0.25) is 9.48 Å². The number of carbonyl (C=O) groups excluding carboxylic acids is 1. The highest BCUT2D eigenvalue weighted by Crippen LogP contribution is 2.15. The molecular formula is C13H17N7O. The smallest absolute Gasteiger partial charge is 0.274 e. The molecule has 1 amide bonds. The maximum absolute atomic E-state index is 12.5. The van der Waals surface area contributed by atoms with Crippen molar-refractivity contribution >= 4 is 17.5 Å². The molecule has 0 saturated carbocycles. The summed E-state index contributed by atoms with van der Waals surface area (Å²) in [5.41, 5.74) is 6.66. The highest BCUT2D eigenvalue weighted by atomic mass is 16.2. The molecule has 0 aliphatic carbocycles. The van der Waals surface area contributed by atoms with E-state index in [1.165, 1.54) is 10.9 Å². The normalized spacial score (nSPS) is 15.3. The number of aromatic nitrogens is 4. The topological polar surface area (TPSA) is 93.2 Å². The first-order valence-corrected chi connectivity index (χ1v) is 6.75. The Balaban J connectivity index is 1.68. The molecule has 1 saturated heterocycles. The molecule has 1 aliphatic rings. The second-order valence-electron chi connectivity index (χ2n) is 4.90. The van der Waals surface area contributed by atoms with Crippen LogP contribution in [0.3, 0.4) is 0 Å². The second-order valence-corrected chi connectivity index (χ2v) is 4.90. The van der Waals surface area contributed by atoms with Crippen LogP contribution in [-0.4, -0.2) is 56.7 Å². The number of amides is 1. The van der Waals surface area contributed by atoms with E-state index in [0.29, 0.717) is 43.5 Å². The van der Waals surface area contributed by atoms with Crippen LogP contribution in [-0.2, 0) is 7.05 Å². The van der Waals surface area contributed by atoms with Gasteiger partial charge < -0.3 is 15.5 Å². The molecule has 110 valence electrons. The fourth-order valence-electron chi connectivity index (χ4n) is 2.43. The zero-order chi connectivity index (χ0) is 14.8. The molecule has 0 spiro atoms. The third-order valence-electron chi connectivity index (χ3n) is 3.57. The van der Waals surface area contributed by atoms with E-state index in [2.05, 4.69) is 20.0 Å². The van der Waals surface area contributed by atoms with Crippen molar-refractivity contribution in [2.24, 2.45) is 7.05 Å². The number of hydrogen-bond donors (Lipinski definition) is 1. The quantitative estimate of drug-likeness (QED) is 0.819. The van der Waals surface area contributed by atoms with Crippen molar-refractivity contribution in [1.29, 1.82) is 0 Å². The van der Waals surface area contributed by atoms with Crippen LogP contribution in [0.25, 0.3) is 0 Å². The molecule has 0 radical (unpaired) electrons. The van der Waals surface area contributed by atoms with Crippen LogP contribution in [0.4, 0.5) is 11.6 Å². The average molecular weight is 287 g/mol. The van der Waals surface area contributed by atoms with Crippen molar-refractivity contribution in [1.82, 2.24) is 24.6 Å². The number of nitrogens with two attached hydrogens (primary N) is 1. The van der Waals surface area contributed by atoms with E-state index in [1.54, 1.807) is 30.4 Å².